The predicted molar refractivity (Wildman–Crippen MR) is 99.8 cm³/mol. The number of amides is 2. The van der Waals surface area contributed by atoms with Gasteiger partial charge >= 0.3 is 5.97 Å². The summed E-state index contributed by atoms with van der Waals surface area (Å²) in [5, 5.41) is 14.9. The monoisotopic (exact) mass is 391 g/mol. The number of benzene rings is 1. The van der Waals surface area contributed by atoms with Gasteiger partial charge in [0, 0.05) is 13.1 Å². The minimum absolute atomic E-state index is 0.0896. The lowest BCUT2D eigenvalue weighted by atomic mass is 9.81. The van der Waals surface area contributed by atoms with Crippen molar-refractivity contribution in [2.24, 2.45) is 11.3 Å². The maximum atomic E-state index is 13.0. The van der Waals surface area contributed by atoms with Gasteiger partial charge in [-0.05, 0) is 43.4 Å². The molecule has 7 nitrogen and oxygen atoms in total. The van der Waals surface area contributed by atoms with Crippen molar-refractivity contribution in [2.75, 3.05) is 26.2 Å². The Labute approximate surface area is 163 Å². The second kappa shape index (κ2) is 8.26. The number of carboxylic acids is 1. The SMILES string of the molecule is CC(NC(=O)CNC(=O)CN1C[C@@H]2CCC[C@@]2(C(=O)O)C1)c1ccc(F)cc1. The van der Waals surface area contributed by atoms with E-state index in [1.807, 2.05) is 4.90 Å². The molecule has 1 saturated carbocycles. The Balaban J connectivity index is 1.42. The third-order valence-electron chi connectivity index (χ3n) is 5.93. The average Bonchev–Trinajstić information content (AvgIpc) is 3.18. The van der Waals surface area contributed by atoms with Gasteiger partial charge in [-0.2, -0.15) is 0 Å². The van der Waals surface area contributed by atoms with Crippen molar-refractivity contribution in [1.29, 1.82) is 0 Å². The molecule has 1 aromatic carbocycles. The van der Waals surface area contributed by atoms with Gasteiger partial charge in [0.2, 0.25) is 11.8 Å². The van der Waals surface area contributed by atoms with Gasteiger partial charge in [0.25, 0.3) is 0 Å². The van der Waals surface area contributed by atoms with Crippen LogP contribution in [-0.4, -0.2) is 54.0 Å². The number of rotatable bonds is 7. The third-order valence-corrected chi connectivity index (χ3v) is 5.93. The molecule has 1 heterocycles. The minimum atomic E-state index is -0.771. The fourth-order valence-corrected chi connectivity index (χ4v) is 4.43. The molecule has 152 valence electrons. The number of halogens is 1. The van der Waals surface area contributed by atoms with Crippen molar-refractivity contribution in [3.05, 3.63) is 35.6 Å². The van der Waals surface area contributed by atoms with E-state index in [-0.39, 0.29) is 42.7 Å². The fourth-order valence-electron chi connectivity index (χ4n) is 4.43. The molecule has 0 radical (unpaired) electrons. The molecule has 0 spiro atoms. The second-order valence-corrected chi connectivity index (χ2v) is 7.84. The van der Waals surface area contributed by atoms with E-state index in [1.165, 1.54) is 12.1 Å². The molecular formula is C20H26FN3O4. The molecule has 1 aromatic rings. The van der Waals surface area contributed by atoms with E-state index >= 15 is 0 Å². The average molecular weight is 391 g/mol. The van der Waals surface area contributed by atoms with Crippen LogP contribution in [0.5, 0.6) is 0 Å². The van der Waals surface area contributed by atoms with Crippen LogP contribution in [0.3, 0.4) is 0 Å². The van der Waals surface area contributed by atoms with Crippen LogP contribution in [0.2, 0.25) is 0 Å². The van der Waals surface area contributed by atoms with Gasteiger partial charge in [-0.3, -0.25) is 19.3 Å². The summed E-state index contributed by atoms with van der Waals surface area (Å²) in [6.07, 6.45) is 2.46. The first-order valence-corrected chi connectivity index (χ1v) is 9.57. The zero-order chi connectivity index (χ0) is 20.3. The van der Waals surface area contributed by atoms with E-state index in [9.17, 15) is 23.9 Å². The molecule has 3 rings (SSSR count). The van der Waals surface area contributed by atoms with Crippen molar-refractivity contribution in [3.63, 3.8) is 0 Å². The van der Waals surface area contributed by atoms with Crippen molar-refractivity contribution >= 4 is 17.8 Å². The Bertz CT molecular complexity index is 754. The molecule has 3 N–H and O–H groups in total. The summed E-state index contributed by atoms with van der Waals surface area (Å²) < 4.78 is 13.0. The standard InChI is InChI=1S/C20H26FN3O4/c1-13(14-4-6-16(21)7-5-14)23-17(25)9-22-18(26)11-24-10-15-3-2-8-20(15,12-24)19(27)28/h4-7,13,15H,2-3,8-12H2,1H3,(H,22,26)(H,23,25)(H,27,28)/t13?,15-,20+/m0/s1. The number of hydrogen-bond donors (Lipinski definition) is 3. The highest BCUT2D eigenvalue weighted by molar-refractivity contribution is 5.86. The molecule has 1 aliphatic carbocycles. The van der Waals surface area contributed by atoms with Gasteiger partial charge in [-0.15, -0.1) is 0 Å². The van der Waals surface area contributed by atoms with Crippen LogP contribution >= 0.6 is 0 Å². The highest BCUT2D eigenvalue weighted by atomic mass is 19.1. The Kier molecular flexibility index (Phi) is 5.98. The molecule has 0 bridgehead atoms. The summed E-state index contributed by atoms with van der Waals surface area (Å²) in [5.74, 6) is -1.66. The molecular weight excluding hydrogens is 365 g/mol. The summed E-state index contributed by atoms with van der Waals surface area (Å²) >= 11 is 0. The topological polar surface area (TPSA) is 98.7 Å². The molecule has 1 saturated heterocycles. The van der Waals surface area contributed by atoms with Crippen molar-refractivity contribution in [2.45, 2.75) is 32.2 Å². The zero-order valence-electron chi connectivity index (χ0n) is 15.9. The van der Waals surface area contributed by atoms with E-state index in [0.717, 1.165) is 18.4 Å². The predicted octanol–water partition coefficient (Wildman–Crippen LogP) is 1.31. The smallest absolute Gasteiger partial charge is 0.311 e. The van der Waals surface area contributed by atoms with Gasteiger partial charge in [-0.1, -0.05) is 18.6 Å². The van der Waals surface area contributed by atoms with E-state index < -0.39 is 11.4 Å². The molecule has 2 fully saturated rings. The van der Waals surface area contributed by atoms with Gasteiger partial charge in [-0.25, -0.2) is 4.39 Å². The molecule has 28 heavy (non-hydrogen) atoms. The lowest BCUT2D eigenvalue weighted by Crippen LogP contribution is -2.43. The largest absolute Gasteiger partial charge is 0.481 e. The fraction of sp³-hybridized carbons (Fsp3) is 0.550. The van der Waals surface area contributed by atoms with E-state index in [4.69, 9.17) is 0 Å². The third kappa shape index (κ3) is 4.32. The summed E-state index contributed by atoms with van der Waals surface area (Å²) in [6.45, 7) is 2.70. The number of nitrogens with zero attached hydrogens (tertiary/aromatic N) is 1. The number of carbonyl (C=O) groups excluding carboxylic acids is 2. The van der Waals surface area contributed by atoms with Crippen LogP contribution in [0.4, 0.5) is 4.39 Å². The maximum Gasteiger partial charge on any atom is 0.311 e. The zero-order valence-corrected chi connectivity index (χ0v) is 15.9. The first-order chi connectivity index (χ1) is 13.3. The van der Waals surface area contributed by atoms with Crippen molar-refractivity contribution < 1.29 is 23.9 Å². The quantitative estimate of drug-likeness (QED) is 0.651. The number of carbonyl (C=O) groups is 3. The van der Waals surface area contributed by atoms with Crippen LogP contribution in [0.1, 0.15) is 37.8 Å². The number of nitrogens with one attached hydrogen (secondary N) is 2. The first kappa shape index (κ1) is 20.3. The molecule has 8 heteroatoms. The summed E-state index contributed by atoms with van der Waals surface area (Å²) in [4.78, 5) is 37.8. The van der Waals surface area contributed by atoms with Crippen LogP contribution < -0.4 is 10.6 Å². The number of aliphatic carboxylic acids is 1. The molecule has 0 aromatic heterocycles. The highest BCUT2D eigenvalue weighted by Gasteiger charge is 2.54. The highest BCUT2D eigenvalue weighted by Crippen LogP contribution is 2.48. The molecule has 1 unspecified atom stereocenters. The summed E-state index contributed by atoms with van der Waals surface area (Å²) in [5.41, 5.74) is 0.0473. The summed E-state index contributed by atoms with van der Waals surface area (Å²) in [7, 11) is 0. The number of hydrogen-bond acceptors (Lipinski definition) is 4. The first-order valence-electron chi connectivity index (χ1n) is 9.57. The summed E-state index contributed by atoms with van der Waals surface area (Å²) in [6, 6.07) is 5.55. The van der Waals surface area contributed by atoms with E-state index in [1.54, 1.807) is 19.1 Å². The van der Waals surface area contributed by atoms with Crippen molar-refractivity contribution in [3.8, 4) is 0 Å². The second-order valence-electron chi connectivity index (χ2n) is 7.84. The van der Waals surface area contributed by atoms with Crippen LogP contribution in [0.15, 0.2) is 24.3 Å². The Morgan fingerprint density at radius 3 is 2.64 bits per heavy atom. The maximum absolute atomic E-state index is 13.0. The lowest BCUT2D eigenvalue weighted by Gasteiger charge is -2.23. The number of carboxylic acid groups (broad SMARTS) is 1. The minimum Gasteiger partial charge on any atom is -0.481 e. The molecule has 1 aliphatic heterocycles. The van der Waals surface area contributed by atoms with Crippen LogP contribution in [0, 0.1) is 17.2 Å². The van der Waals surface area contributed by atoms with E-state index in [0.29, 0.717) is 19.5 Å². The van der Waals surface area contributed by atoms with Gasteiger partial charge in [0.1, 0.15) is 5.82 Å². The number of likely N-dealkylation sites (tertiary alicyclic amines) is 1. The van der Waals surface area contributed by atoms with Crippen molar-refractivity contribution in [1.82, 2.24) is 15.5 Å². The Hall–Kier alpha value is -2.48. The van der Waals surface area contributed by atoms with Gasteiger partial charge in [0.15, 0.2) is 0 Å². The Morgan fingerprint density at radius 1 is 1.29 bits per heavy atom. The van der Waals surface area contributed by atoms with Crippen LogP contribution in [0.25, 0.3) is 0 Å². The normalized spacial score (nSPS) is 25.1. The number of fused-ring (bicyclic) bond motifs is 1. The Morgan fingerprint density at radius 2 is 2.00 bits per heavy atom. The van der Waals surface area contributed by atoms with Crippen LogP contribution in [-0.2, 0) is 14.4 Å². The van der Waals surface area contributed by atoms with E-state index in [2.05, 4.69) is 10.6 Å². The lowest BCUT2D eigenvalue weighted by molar-refractivity contribution is -0.149. The molecule has 2 amide bonds. The van der Waals surface area contributed by atoms with Gasteiger partial charge < -0.3 is 15.7 Å². The molecule has 3 atom stereocenters. The molecule has 2 aliphatic rings. The van der Waals surface area contributed by atoms with Gasteiger partial charge in [0.05, 0.1) is 24.5 Å².